The zero-order valence-corrected chi connectivity index (χ0v) is 8.49. The van der Waals surface area contributed by atoms with Gasteiger partial charge >= 0.3 is 5.97 Å². The Labute approximate surface area is 87.7 Å². The summed E-state index contributed by atoms with van der Waals surface area (Å²) in [7, 11) is 0. The Morgan fingerprint density at radius 3 is 3.07 bits per heavy atom. The number of hydrogen-bond acceptors (Lipinski definition) is 2. The predicted octanol–water partition coefficient (Wildman–Crippen LogP) is 1.69. The van der Waals surface area contributed by atoms with E-state index in [4.69, 9.17) is 5.11 Å². The summed E-state index contributed by atoms with van der Waals surface area (Å²) in [6.07, 6.45) is 6.62. The van der Waals surface area contributed by atoms with Crippen molar-refractivity contribution in [2.24, 2.45) is 5.41 Å². The fourth-order valence-electron chi connectivity index (χ4n) is 2.96. The van der Waals surface area contributed by atoms with Gasteiger partial charge in [0.2, 0.25) is 0 Å². The first-order chi connectivity index (χ1) is 7.21. The van der Waals surface area contributed by atoms with Crippen molar-refractivity contribution >= 4 is 5.97 Å². The van der Waals surface area contributed by atoms with Gasteiger partial charge in [-0.2, -0.15) is 5.10 Å². The third-order valence-electron chi connectivity index (χ3n) is 4.01. The third kappa shape index (κ3) is 1.28. The summed E-state index contributed by atoms with van der Waals surface area (Å²) < 4.78 is 0. The molecule has 80 valence electrons. The minimum absolute atomic E-state index is 0.192. The summed E-state index contributed by atoms with van der Waals surface area (Å²) in [4.78, 5) is 10.9. The van der Waals surface area contributed by atoms with Gasteiger partial charge in [0.05, 0.1) is 12.6 Å². The summed E-state index contributed by atoms with van der Waals surface area (Å²) in [6, 6.07) is 0. The maximum absolute atomic E-state index is 10.9. The van der Waals surface area contributed by atoms with E-state index in [0.29, 0.717) is 5.41 Å². The molecule has 2 aliphatic carbocycles. The Kier molecular flexibility index (Phi) is 1.69. The van der Waals surface area contributed by atoms with E-state index < -0.39 is 5.97 Å². The van der Waals surface area contributed by atoms with Crippen LogP contribution in [0.1, 0.15) is 42.9 Å². The molecular formula is C11H14N2O2. The van der Waals surface area contributed by atoms with Gasteiger partial charge in [-0.05, 0) is 36.7 Å². The zero-order chi connectivity index (χ0) is 10.5. The Morgan fingerprint density at radius 1 is 1.60 bits per heavy atom. The maximum atomic E-state index is 10.9. The van der Waals surface area contributed by atoms with Crippen LogP contribution < -0.4 is 0 Å². The van der Waals surface area contributed by atoms with E-state index in [-0.39, 0.29) is 12.3 Å². The molecule has 1 fully saturated rings. The van der Waals surface area contributed by atoms with E-state index in [2.05, 4.69) is 10.2 Å². The number of nitrogens with zero attached hydrogens (tertiary/aromatic N) is 1. The van der Waals surface area contributed by atoms with Crippen LogP contribution in [0.2, 0.25) is 0 Å². The van der Waals surface area contributed by atoms with E-state index in [0.717, 1.165) is 24.1 Å². The largest absolute Gasteiger partial charge is 0.481 e. The smallest absolute Gasteiger partial charge is 0.303 e. The quantitative estimate of drug-likeness (QED) is 0.773. The number of aromatic amines is 1. The second-order valence-electron chi connectivity index (χ2n) is 4.82. The van der Waals surface area contributed by atoms with Crippen molar-refractivity contribution in [3.05, 3.63) is 17.5 Å². The highest BCUT2D eigenvalue weighted by atomic mass is 16.4. The molecule has 1 unspecified atom stereocenters. The number of carboxylic acid groups (broad SMARTS) is 1. The van der Waals surface area contributed by atoms with Gasteiger partial charge in [0.1, 0.15) is 0 Å². The first-order valence-corrected chi connectivity index (χ1v) is 5.45. The molecule has 1 aromatic heterocycles. The van der Waals surface area contributed by atoms with Crippen LogP contribution in [0.25, 0.3) is 0 Å². The molecule has 0 saturated heterocycles. The van der Waals surface area contributed by atoms with Crippen molar-refractivity contribution in [3.63, 3.8) is 0 Å². The number of H-pyrrole nitrogens is 1. The van der Waals surface area contributed by atoms with Gasteiger partial charge in [-0.1, -0.05) is 0 Å². The second-order valence-corrected chi connectivity index (χ2v) is 4.82. The van der Waals surface area contributed by atoms with Gasteiger partial charge < -0.3 is 5.11 Å². The number of rotatable bonds is 2. The second kappa shape index (κ2) is 2.84. The number of fused-ring (bicyclic) bond motifs is 1. The summed E-state index contributed by atoms with van der Waals surface area (Å²) >= 11 is 0. The van der Waals surface area contributed by atoms with Crippen molar-refractivity contribution < 1.29 is 9.90 Å². The minimum atomic E-state index is -0.694. The first-order valence-electron chi connectivity index (χ1n) is 5.45. The molecule has 2 N–H and O–H groups in total. The van der Waals surface area contributed by atoms with Crippen LogP contribution in [0.15, 0.2) is 6.20 Å². The van der Waals surface area contributed by atoms with Crippen molar-refractivity contribution in [1.82, 2.24) is 10.2 Å². The van der Waals surface area contributed by atoms with Crippen LogP contribution in [0, 0.1) is 5.41 Å². The van der Waals surface area contributed by atoms with Gasteiger partial charge in [-0.25, -0.2) is 0 Å². The van der Waals surface area contributed by atoms with Gasteiger partial charge in [0.25, 0.3) is 0 Å². The standard InChI is InChI=1S/C11H14N2O2/c14-10(15)5-8-7-6-12-13-9(7)1-2-11(8)3-4-11/h6,8H,1-5H2,(H,12,13)(H,14,15). The Hall–Kier alpha value is -1.32. The highest BCUT2D eigenvalue weighted by Crippen LogP contribution is 2.62. The number of carboxylic acids is 1. The monoisotopic (exact) mass is 206 g/mol. The molecule has 1 saturated carbocycles. The van der Waals surface area contributed by atoms with Crippen LogP contribution in [-0.4, -0.2) is 21.3 Å². The number of nitrogens with one attached hydrogen (secondary N) is 1. The number of aliphatic carboxylic acids is 1. The minimum Gasteiger partial charge on any atom is -0.481 e. The number of aryl methyl sites for hydroxylation is 1. The summed E-state index contributed by atoms with van der Waals surface area (Å²) in [5.74, 6) is -0.502. The molecule has 0 aromatic carbocycles. The van der Waals surface area contributed by atoms with Crippen LogP contribution in [-0.2, 0) is 11.2 Å². The molecule has 1 spiro atoms. The Bertz CT molecular complexity index is 406. The molecule has 0 aliphatic heterocycles. The van der Waals surface area contributed by atoms with E-state index in [1.807, 2.05) is 6.20 Å². The Morgan fingerprint density at radius 2 is 2.40 bits per heavy atom. The molecular weight excluding hydrogens is 192 g/mol. The lowest BCUT2D eigenvalue weighted by Crippen LogP contribution is -2.23. The van der Waals surface area contributed by atoms with E-state index in [1.165, 1.54) is 12.8 Å². The molecule has 3 rings (SSSR count). The van der Waals surface area contributed by atoms with E-state index in [1.54, 1.807) is 0 Å². The lowest BCUT2D eigenvalue weighted by atomic mass is 9.73. The van der Waals surface area contributed by atoms with E-state index >= 15 is 0 Å². The van der Waals surface area contributed by atoms with Crippen LogP contribution in [0.3, 0.4) is 0 Å². The molecule has 1 heterocycles. The van der Waals surface area contributed by atoms with Gasteiger partial charge in [0.15, 0.2) is 0 Å². The molecule has 0 bridgehead atoms. The maximum Gasteiger partial charge on any atom is 0.303 e. The van der Waals surface area contributed by atoms with Crippen LogP contribution in [0.5, 0.6) is 0 Å². The molecule has 1 aromatic rings. The number of carbonyl (C=O) groups is 1. The number of aromatic nitrogens is 2. The average Bonchev–Trinajstić information content (AvgIpc) is 2.79. The molecule has 15 heavy (non-hydrogen) atoms. The lowest BCUT2D eigenvalue weighted by molar-refractivity contribution is -0.138. The molecule has 0 amide bonds. The van der Waals surface area contributed by atoms with Crippen LogP contribution in [0.4, 0.5) is 0 Å². The third-order valence-corrected chi connectivity index (χ3v) is 4.01. The highest BCUT2D eigenvalue weighted by molar-refractivity contribution is 5.68. The summed E-state index contributed by atoms with van der Waals surface area (Å²) in [5, 5.41) is 16.0. The average molecular weight is 206 g/mol. The van der Waals surface area contributed by atoms with Crippen molar-refractivity contribution in [3.8, 4) is 0 Å². The molecule has 0 radical (unpaired) electrons. The van der Waals surface area contributed by atoms with Gasteiger partial charge in [-0.15, -0.1) is 0 Å². The lowest BCUT2D eigenvalue weighted by Gasteiger charge is -2.30. The topological polar surface area (TPSA) is 66.0 Å². The molecule has 2 aliphatic rings. The Balaban J connectivity index is 1.97. The number of hydrogen-bond donors (Lipinski definition) is 2. The molecule has 1 atom stereocenters. The van der Waals surface area contributed by atoms with Crippen molar-refractivity contribution in [1.29, 1.82) is 0 Å². The summed E-state index contributed by atoms with van der Waals surface area (Å²) in [5.41, 5.74) is 2.61. The van der Waals surface area contributed by atoms with Gasteiger partial charge in [-0.3, -0.25) is 9.89 Å². The molecule has 4 nitrogen and oxygen atoms in total. The molecule has 4 heteroatoms. The van der Waals surface area contributed by atoms with Crippen molar-refractivity contribution in [2.45, 2.75) is 38.0 Å². The summed E-state index contributed by atoms with van der Waals surface area (Å²) in [6.45, 7) is 0. The SMILES string of the molecule is O=C(O)CC1c2cn[nH]c2CCC12CC2. The fourth-order valence-corrected chi connectivity index (χ4v) is 2.96. The van der Waals surface area contributed by atoms with E-state index in [9.17, 15) is 4.79 Å². The zero-order valence-electron chi connectivity index (χ0n) is 8.49. The highest BCUT2D eigenvalue weighted by Gasteiger charge is 2.52. The fraction of sp³-hybridized carbons (Fsp3) is 0.636. The first kappa shape index (κ1) is 8.95. The van der Waals surface area contributed by atoms with Crippen molar-refractivity contribution in [2.75, 3.05) is 0 Å². The van der Waals surface area contributed by atoms with Gasteiger partial charge in [0, 0.05) is 11.6 Å². The normalized spacial score (nSPS) is 26.3. The predicted molar refractivity (Wildman–Crippen MR) is 53.6 cm³/mol. The van der Waals surface area contributed by atoms with Crippen LogP contribution >= 0.6 is 0 Å².